The standard InChI is InChI=1S/C22H26N2O2/c1-6-24(16-9-7-8-15(2)12-16)21(25)22(3,4)19-14-23-20-11-10-17(26-5)13-18(19)20/h7-14,23H,6H2,1-5H3. The molecule has 0 aliphatic rings. The van der Waals surface area contributed by atoms with Gasteiger partial charge < -0.3 is 14.6 Å². The number of amides is 1. The number of likely N-dealkylation sites (N-methyl/N-ethyl adjacent to an activating group) is 1. The van der Waals surface area contributed by atoms with Crippen LogP contribution >= 0.6 is 0 Å². The van der Waals surface area contributed by atoms with Crippen LogP contribution in [0.4, 0.5) is 5.69 Å². The van der Waals surface area contributed by atoms with Crippen molar-refractivity contribution in [3.8, 4) is 5.75 Å². The molecule has 0 bridgehead atoms. The minimum absolute atomic E-state index is 0.0781. The summed E-state index contributed by atoms with van der Waals surface area (Å²) < 4.78 is 5.36. The molecule has 1 N–H and O–H groups in total. The van der Waals surface area contributed by atoms with Crippen LogP contribution in [-0.2, 0) is 10.2 Å². The number of benzene rings is 2. The predicted octanol–water partition coefficient (Wildman–Crippen LogP) is 4.82. The van der Waals surface area contributed by atoms with Crippen molar-refractivity contribution in [3.63, 3.8) is 0 Å². The van der Waals surface area contributed by atoms with Crippen LogP contribution < -0.4 is 9.64 Å². The number of nitrogens with zero attached hydrogens (tertiary/aromatic N) is 1. The molecule has 0 radical (unpaired) electrons. The van der Waals surface area contributed by atoms with Crippen molar-refractivity contribution in [1.82, 2.24) is 4.98 Å². The number of hydrogen-bond acceptors (Lipinski definition) is 2. The van der Waals surface area contributed by atoms with E-state index in [2.05, 4.69) is 11.1 Å². The van der Waals surface area contributed by atoms with Crippen LogP contribution in [-0.4, -0.2) is 24.5 Å². The maximum Gasteiger partial charge on any atom is 0.237 e. The summed E-state index contributed by atoms with van der Waals surface area (Å²) in [5.41, 5.74) is 3.37. The van der Waals surface area contributed by atoms with Crippen LogP contribution in [0, 0.1) is 6.92 Å². The smallest absolute Gasteiger partial charge is 0.237 e. The summed E-state index contributed by atoms with van der Waals surface area (Å²) in [6.07, 6.45) is 1.94. The average Bonchev–Trinajstić information content (AvgIpc) is 3.06. The average molecular weight is 350 g/mol. The molecule has 26 heavy (non-hydrogen) atoms. The van der Waals surface area contributed by atoms with Gasteiger partial charge in [0, 0.05) is 29.3 Å². The summed E-state index contributed by atoms with van der Waals surface area (Å²) in [6, 6.07) is 14.0. The molecule has 0 spiro atoms. The summed E-state index contributed by atoms with van der Waals surface area (Å²) in [7, 11) is 1.65. The lowest BCUT2D eigenvalue weighted by atomic mass is 9.82. The number of aromatic nitrogens is 1. The lowest BCUT2D eigenvalue weighted by molar-refractivity contribution is -0.122. The molecule has 3 aromatic rings. The Kier molecular flexibility index (Phi) is 4.77. The molecule has 4 nitrogen and oxygen atoms in total. The van der Waals surface area contributed by atoms with Gasteiger partial charge in [-0.25, -0.2) is 0 Å². The fraction of sp³-hybridized carbons (Fsp3) is 0.318. The molecule has 0 unspecified atom stereocenters. The lowest BCUT2D eigenvalue weighted by Gasteiger charge is -2.31. The molecule has 0 fully saturated rings. The molecule has 136 valence electrons. The van der Waals surface area contributed by atoms with Crippen LogP contribution in [0.2, 0.25) is 0 Å². The molecule has 0 atom stereocenters. The largest absolute Gasteiger partial charge is 0.497 e. The minimum atomic E-state index is -0.676. The van der Waals surface area contributed by atoms with Gasteiger partial charge in [0.1, 0.15) is 5.75 Å². The summed E-state index contributed by atoms with van der Waals surface area (Å²) in [5.74, 6) is 0.863. The first kappa shape index (κ1) is 18.1. The summed E-state index contributed by atoms with van der Waals surface area (Å²) in [5, 5.41) is 1.02. The Hall–Kier alpha value is -2.75. The van der Waals surface area contributed by atoms with Gasteiger partial charge in [-0.15, -0.1) is 0 Å². The molecule has 0 aliphatic heterocycles. The molecule has 4 heteroatoms. The van der Waals surface area contributed by atoms with Gasteiger partial charge in [0.2, 0.25) is 5.91 Å². The minimum Gasteiger partial charge on any atom is -0.497 e. The van der Waals surface area contributed by atoms with E-state index in [0.29, 0.717) is 6.54 Å². The molecule has 1 aromatic heterocycles. The van der Waals surface area contributed by atoms with Crippen molar-refractivity contribution < 1.29 is 9.53 Å². The maximum absolute atomic E-state index is 13.5. The van der Waals surface area contributed by atoms with Gasteiger partial charge in [0.15, 0.2) is 0 Å². The fourth-order valence-corrected chi connectivity index (χ4v) is 3.44. The van der Waals surface area contributed by atoms with Crippen molar-refractivity contribution in [2.45, 2.75) is 33.1 Å². The van der Waals surface area contributed by atoms with E-state index in [9.17, 15) is 4.79 Å². The zero-order valence-electron chi connectivity index (χ0n) is 16.1. The zero-order valence-corrected chi connectivity index (χ0v) is 16.1. The maximum atomic E-state index is 13.5. The van der Waals surface area contributed by atoms with E-state index < -0.39 is 5.41 Å². The first-order valence-corrected chi connectivity index (χ1v) is 8.92. The van der Waals surface area contributed by atoms with E-state index >= 15 is 0 Å². The Morgan fingerprint density at radius 2 is 1.96 bits per heavy atom. The lowest BCUT2D eigenvalue weighted by Crippen LogP contribution is -2.43. The van der Waals surface area contributed by atoms with E-state index in [0.717, 1.165) is 33.5 Å². The summed E-state index contributed by atoms with van der Waals surface area (Å²) in [4.78, 5) is 18.6. The van der Waals surface area contributed by atoms with Gasteiger partial charge in [-0.05, 0) is 69.2 Å². The normalized spacial score (nSPS) is 11.6. The van der Waals surface area contributed by atoms with Crippen LogP contribution in [0.15, 0.2) is 48.7 Å². The zero-order chi connectivity index (χ0) is 18.9. The SMILES string of the molecule is CCN(C(=O)C(C)(C)c1c[nH]c2ccc(OC)cc12)c1cccc(C)c1. The van der Waals surface area contributed by atoms with E-state index in [-0.39, 0.29) is 5.91 Å². The Balaban J connectivity index is 2.04. The third kappa shape index (κ3) is 3.07. The summed E-state index contributed by atoms with van der Waals surface area (Å²) >= 11 is 0. The molecule has 2 aromatic carbocycles. The molecular formula is C22H26N2O2. The van der Waals surface area contributed by atoms with Crippen molar-refractivity contribution in [2.75, 3.05) is 18.6 Å². The van der Waals surface area contributed by atoms with Gasteiger partial charge in [-0.1, -0.05) is 12.1 Å². The van der Waals surface area contributed by atoms with Crippen LogP contribution in [0.1, 0.15) is 31.9 Å². The molecule has 0 saturated carbocycles. The number of anilines is 1. The topological polar surface area (TPSA) is 45.3 Å². The predicted molar refractivity (Wildman–Crippen MR) is 107 cm³/mol. The number of carbonyl (C=O) groups is 1. The van der Waals surface area contributed by atoms with Gasteiger partial charge >= 0.3 is 0 Å². The Morgan fingerprint density at radius 3 is 2.62 bits per heavy atom. The van der Waals surface area contributed by atoms with Crippen LogP contribution in [0.3, 0.4) is 0 Å². The summed E-state index contributed by atoms with van der Waals surface area (Å²) in [6.45, 7) is 8.64. The van der Waals surface area contributed by atoms with Gasteiger partial charge in [-0.2, -0.15) is 0 Å². The first-order valence-electron chi connectivity index (χ1n) is 8.92. The second-order valence-corrected chi connectivity index (χ2v) is 7.13. The van der Waals surface area contributed by atoms with Crippen LogP contribution in [0.5, 0.6) is 5.75 Å². The third-order valence-corrected chi connectivity index (χ3v) is 4.97. The first-order chi connectivity index (χ1) is 12.4. The van der Waals surface area contributed by atoms with Crippen molar-refractivity contribution in [1.29, 1.82) is 0 Å². The second-order valence-electron chi connectivity index (χ2n) is 7.13. The van der Waals surface area contributed by atoms with Crippen LogP contribution in [0.25, 0.3) is 10.9 Å². The number of fused-ring (bicyclic) bond motifs is 1. The molecule has 1 amide bonds. The molecule has 1 heterocycles. The Bertz CT molecular complexity index is 940. The van der Waals surface area contributed by atoms with Crippen molar-refractivity contribution >= 4 is 22.5 Å². The number of hydrogen-bond donors (Lipinski definition) is 1. The number of methoxy groups -OCH3 is 1. The molecule has 3 rings (SSSR count). The highest BCUT2D eigenvalue weighted by atomic mass is 16.5. The fourth-order valence-electron chi connectivity index (χ4n) is 3.44. The van der Waals surface area contributed by atoms with Gasteiger partial charge in [-0.3, -0.25) is 4.79 Å². The monoisotopic (exact) mass is 350 g/mol. The number of aryl methyl sites for hydroxylation is 1. The van der Waals surface area contributed by atoms with Crippen molar-refractivity contribution in [2.24, 2.45) is 0 Å². The van der Waals surface area contributed by atoms with E-state index in [4.69, 9.17) is 4.74 Å². The number of ether oxygens (including phenoxy) is 1. The van der Waals surface area contributed by atoms with E-state index in [1.54, 1.807) is 7.11 Å². The van der Waals surface area contributed by atoms with Gasteiger partial charge in [0.25, 0.3) is 0 Å². The molecule has 0 aliphatic carbocycles. The number of rotatable bonds is 5. The number of H-pyrrole nitrogens is 1. The number of carbonyl (C=O) groups excluding carboxylic acids is 1. The van der Waals surface area contributed by atoms with E-state index in [1.807, 2.05) is 75.2 Å². The quantitative estimate of drug-likeness (QED) is 0.717. The van der Waals surface area contributed by atoms with Crippen molar-refractivity contribution in [3.05, 3.63) is 59.8 Å². The second kappa shape index (κ2) is 6.87. The molecule has 0 saturated heterocycles. The van der Waals surface area contributed by atoms with Gasteiger partial charge in [0.05, 0.1) is 12.5 Å². The Labute approximate surface area is 154 Å². The Morgan fingerprint density at radius 1 is 1.19 bits per heavy atom. The van der Waals surface area contributed by atoms with E-state index in [1.165, 1.54) is 0 Å². The highest BCUT2D eigenvalue weighted by Crippen LogP contribution is 2.35. The highest BCUT2D eigenvalue weighted by Gasteiger charge is 2.36. The number of nitrogens with one attached hydrogen (secondary N) is 1. The third-order valence-electron chi connectivity index (χ3n) is 4.97. The number of aromatic amines is 1. The highest BCUT2D eigenvalue weighted by molar-refractivity contribution is 6.03. The molecular weight excluding hydrogens is 324 g/mol.